The molecule has 2 rings (SSSR count). The van der Waals surface area contributed by atoms with Gasteiger partial charge in [-0.2, -0.15) is 0 Å². The highest BCUT2D eigenvalue weighted by Gasteiger charge is 2.14. The van der Waals surface area contributed by atoms with E-state index >= 15 is 0 Å². The summed E-state index contributed by atoms with van der Waals surface area (Å²) in [6.45, 7) is 5.66. The van der Waals surface area contributed by atoms with Crippen molar-refractivity contribution in [3.8, 4) is 0 Å². The summed E-state index contributed by atoms with van der Waals surface area (Å²) >= 11 is 0. The van der Waals surface area contributed by atoms with Crippen LogP contribution in [0.15, 0.2) is 4.42 Å². The van der Waals surface area contributed by atoms with Gasteiger partial charge in [-0.15, -0.1) is 5.10 Å². The zero-order valence-corrected chi connectivity index (χ0v) is 9.19. The monoisotopic (exact) mass is 225 g/mol. The van der Waals surface area contributed by atoms with Crippen molar-refractivity contribution in [2.45, 2.75) is 6.92 Å². The molecule has 2 heterocycles. The molecule has 0 spiro atoms. The lowest BCUT2D eigenvalue weighted by Crippen LogP contribution is -2.46. The lowest BCUT2D eigenvalue weighted by Gasteiger charge is -2.26. The largest absolute Gasteiger partial charge is 0.408 e. The van der Waals surface area contributed by atoms with E-state index in [4.69, 9.17) is 4.42 Å². The number of hydrogen-bond acceptors (Lipinski definition) is 6. The minimum absolute atomic E-state index is 0.120. The van der Waals surface area contributed by atoms with Gasteiger partial charge in [-0.3, -0.25) is 15.0 Å². The third-order valence-electron chi connectivity index (χ3n) is 2.35. The van der Waals surface area contributed by atoms with E-state index < -0.39 is 0 Å². The van der Waals surface area contributed by atoms with Crippen LogP contribution >= 0.6 is 0 Å². The van der Waals surface area contributed by atoms with Crippen LogP contribution in [0.2, 0.25) is 0 Å². The Balaban J connectivity index is 1.79. The van der Waals surface area contributed by atoms with Crippen molar-refractivity contribution in [2.75, 3.05) is 38.0 Å². The number of nitrogens with one attached hydrogen (secondary N) is 2. The Morgan fingerprint density at radius 2 is 2.25 bits per heavy atom. The summed E-state index contributed by atoms with van der Waals surface area (Å²) in [7, 11) is 0. The second-order valence-electron chi connectivity index (χ2n) is 3.70. The number of piperazine rings is 1. The molecule has 0 atom stereocenters. The fraction of sp³-hybridized carbons (Fsp3) is 0.667. The third-order valence-corrected chi connectivity index (χ3v) is 2.35. The summed E-state index contributed by atoms with van der Waals surface area (Å²) in [4.78, 5) is 13.7. The summed E-state index contributed by atoms with van der Waals surface area (Å²) in [5.74, 6) is 0.322. The quantitative estimate of drug-likeness (QED) is 0.702. The van der Waals surface area contributed by atoms with Crippen molar-refractivity contribution < 1.29 is 9.21 Å². The van der Waals surface area contributed by atoms with Crippen molar-refractivity contribution in [1.29, 1.82) is 0 Å². The van der Waals surface area contributed by atoms with Gasteiger partial charge in [0.2, 0.25) is 11.8 Å². The molecule has 16 heavy (non-hydrogen) atoms. The normalized spacial score (nSPS) is 17.3. The van der Waals surface area contributed by atoms with Gasteiger partial charge in [0.15, 0.2) is 0 Å². The van der Waals surface area contributed by atoms with Gasteiger partial charge in [-0.25, -0.2) is 0 Å². The van der Waals surface area contributed by atoms with Crippen LogP contribution in [0.25, 0.3) is 0 Å². The highest BCUT2D eigenvalue weighted by atomic mass is 16.4. The van der Waals surface area contributed by atoms with Crippen molar-refractivity contribution in [1.82, 2.24) is 20.4 Å². The van der Waals surface area contributed by atoms with Crippen LogP contribution in [0.3, 0.4) is 0 Å². The minimum Gasteiger partial charge on any atom is -0.408 e. The second-order valence-corrected chi connectivity index (χ2v) is 3.70. The van der Waals surface area contributed by atoms with E-state index in [0.29, 0.717) is 12.4 Å². The molecule has 1 fully saturated rings. The number of aromatic nitrogens is 2. The standard InChI is InChI=1S/C9H15N5O2/c1-7-12-13-9(16-7)11-8(15)6-14-4-2-10-3-5-14/h10H,2-6H2,1H3,(H,11,13,15). The van der Waals surface area contributed by atoms with Crippen molar-refractivity contribution in [3.63, 3.8) is 0 Å². The number of hydrogen-bond donors (Lipinski definition) is 2. The average Bonchev–Trinajstić information content (AvgIpc) is 2.65. The number of anilines is 1. The molecular weight excluding hydrogens is 210 g/mol. The Morgan fingerprint density at radius 1 is 1.50 bits per heavy atom. The molecule has 7 heteroatoms. The van der Waals surface area contributed by atoms with E-state index in [-0.39, 0.29) is 11.9 Å². The van der Waals surface area contributed by atoms with Crippen molar-refractivity contribution >= 4 is 11.9 Å². The molecule has 0 unspecified atom stereocenters. The molecular formula is C9H15N5O2. The Bertz CT molecular complexity index is 359. The fourth-order valence-electron chi connectivity index (χ4n) is 1.58. The van der Waals surface area contributed by atoms with Crippen LogP contribution in [0.1, 0.15) is 5.89 Å². The van der Waals surface area contributed by atoms with Gasteiger partial charge in [0.1, 0.15) is 0 Å². The summed E-state index contributed by atoms with van der Waals surface area (Å²) in [6.07, 6.45) is 0. The smallest absolute Gasteiger partial charge is 0.322 e. The van der Waals surface area contributed by atoms with E-state index in [1.165, 1.54) is 0 Å². The highest BCUT2D eigenvalue weighted by molar-refractivity contribution is 5.90. The predicted octanol–water partition coefficient (Wildman–Crippen LogP) is -0.778. The zero-order valence-electron chi connectivity index (χ0n) is 9.19. The van der Waals surface area contributed by atoms with E-state index in [0.717, 1.165) is 26.2 Å². The van der Waals surface area contributed by atoms with E-state index in [1.54, 1.807) is 6.92 Å². The molecule has 0 saturated carbocycles. The first-order valence-corrected chi connectivity index (χ1v) is 5.27. The van der Waals surface area contributed by atoms with Gasteiger partial charge < -0.3 is 9.73 Å². The number of rotatable bonds is 3. The fourth-order valence-corrected chi connectivity index (χ4v) is 1.58. The minimum atomic E-state index is -0.120. The van der Waals surface area contributed by atoms with E-state index in [2.05, 4.69) is 25.7 Å². The Morgan fingerprint density at radius 3 is 2.88 bits per heavy atom. The van der Waals surface area contributed by atoms with Crippen LogP contribution in [-0.4, -0.2) is 53.7 Å². The molecule has 1 aliphatic heterocycles. The molecule has 7 nitrogen and oxygen atoms in total. The first-order valence-electron chi connectivity index (χ1n) is 5.27. The van der Waals surface area contributed by atoms with Crippen LogP contribution in [-0.2, 0) is 4.79 Å². The van der Waals surface area contributed by atoms with Crippen molar-refractivity contribution in [3.05, 3.63) is 5.89 Å². The lowest BCUT2D eigenvalue weighted by molar-refractivity contribution is -0.117. The molecule has 0 bridgehead atoms. The molecule has 1 aromatic heterocycles. The van der Waals surface area contributed by atoms with Gasteiger partial charge >= 0.3 is 6.01 Å². The van der Waals surface area contributed by atoms with Gasteiger partial charge in [-0.05, 0) is 0 Å². The van der Waals surface area contributed by atoms with E-state index in [9.17, 15) is 4.79 Å². The summed E-state index contributed by atoms with van der Waals surface area (Å²) in [5.41, 5.74) is 0. The Hall–Kier alpha value is -1.47. The zero-order chi connectivity index (χ0) is 11.4. The van der Waals surface area contributed by atoms with Crippen molar-refractivity contribution in [2.24, 2.45) is 0 Å². The topological polar surface area (TPSA) is 83.3 Å². The molecule has 1 saturated heterocycles. The van der Waals surface area contributed by atoms with E-state index in [1.807, 2.05) is 0 Å². The maximum atomic E-state index is 11.6. The van der Waals surface area contributed by atoms with Gasteiger partial charge in [0.05, 0.1) is 6.54 Å². The first-order chi connectivity index (χ1) is 7.74. The van der Waals surface area contributed by atoms with Gasteiger partial charge in [0, 0.05) is 33.1 Å². The predicted molar refractivity (Wildman–Crippen MR) is 57.0 cm³/mol. The van der Waals surface area contributed by atoms with Gasteiger partial charge in [-0.1, -0.05) is 5.10 Å². The number of carbonyl (C=O) groups excluding carboxylic acids is 1. The SMILES string of the molecule is Cc1nnc(NC(=O)CN2CCNCC2)o1. The number of amides is 1. The molecule has 0 aliphatic carbocycles. The number of nitrogens with zero attached hydrogens (tertiary/aromatic N) is 3. The first kappa shape index (κ1) is 11.0. The molecule has 0 radical (unpaired) electrons. The van der Waals surface area contributed by atoms with Crippen LogP contribution < -0.4 is 10.6 Å². The molecule has 88 valence electrons. The Labute approximate surface area is 93.2 Å². The maximum Gasteiger partial charge on any atom is 0.322 e. The van der Waals surface area contributed by atoms with Crippen LogP contribution in [0.5, 0.6) is 0 Å². The van der Waals surface area contributed by atoms with Crippen LogP contribution in [0.4, 0.5) is 6.01 Å². The second kappa shape index (κ2) is 5.04. The molecule has 0 aromatic carbocycles. The number of aryl methyl sites for hydroxylation is 1. The summed E-state index contributed by atoms with van der Waals surface area (Å²) < 4.78 is 5.06. The van der Waals surface area contributed by atoms with Gasteiger partial charge in [0.25, 0.3) is 0 Å². The van der Waals surface area contributed by atoms with Crippen LogP contribution in [0, 0.1) is 6.92 Å². The average molecular weight is 225 g/mol. The third kappa shape index (κ3) is 3.01. The summed E-state index contributed by atoms with van der Waals surface area (Å²) in [6, 6.07) is 0.164. The summed E-state index contributed by atoms with van der Waals surface area (Å²) in [5, 5.41) is 13.1. The molecule has 1 amide bonds. The maximum absolute atomic E-state index is 11.6. The Kier molecular flexibility index (Phi) is 3.47. The lowest BCUT2D eigenvalue weighted by atomic mass is 10.3. The molecule has 2 N–H and O–H groups in total. The number of carbonyl (C=O) groups is 1. The molecule has 1 aliphatic rings. The highest BCUT2D eigenvalue weighted by Crippen LogP contribution is 2.03. The molecule has 1 aromatic rings.